The van der Waals surface area contributed by atoms with Crippen molar-refractivity contribution >= 4 is 0 Å². The predicted octanol–water partition coefficient (Wildman–Crippen LogP) is -2.33. The molecule has 1 atom stereocenters. The molecule has 0 bridgehead atoms. The molecule has 17 heavy (non-hydrogen) atoms. The van der Waals surface area contributed by atoms with Gasteiger partial charge < -0.3 is 26.8 Å². The van der Waals surface area contributed by atoms with Crippen molar-refractivity contribution < 1.29 is 26.8 Å². The zero-order chi connectivity index (χ0) is 11.5. The van der Waals surface area contributed by atoms with E-state index in [4.69, 9.17) is 9.47 Å². The molecule has 0 radical (unpaired) electrons. The zero-order valence-electron chi connectivity index (χ0n) is 10.7. The maximum atomic E-state index is 5.59. The summed E-state index contributed by atoms with van der Waals surface area (Å²) in [7, 11) is 3.93. The summed E-state index contributed by atoms with van der Waals surface area (Å²) >= 11 is 0. The number of rotatable bonds is 3. The third kappa shape index (κ3) is 3.05. The van der Waals surface area contributed by atoms with Crippen LogP contribution in [0.5, 0.6) is 11.5 Å². The summed E-state index contributed by atoms with van der Waals surface area (Å²) in [6, 6.07) is 4.27. The average molecular weight is 258 g/mol. The number of nitrogens with one attached hydrogen (secondary N) is 1. The van der Waals surface area contributed by atoms with E-state index in [1.165, 1.54) is 17.7 Å². The molecule has 1 unspecified atom stereocenters. The van der Waals surface area contributed by atoms with Crippen LogP contribution in [-0.2, 0) is 13.0 Å². The number of hydrogen-bond donors (Lipinski definition) is 1. The number of hydrogen-bond acceptors (Lipinski definition) is 2. The molecule has 1 aliphatic rings. The molecule has 0 aromatic heterocycles. The summed E-state index contributed by atoms with van der Waals surface area (Å²) in [5.74, 6) is 1.73. The predicted molar refractivity (Wildman–Crippen MR) is 63.3 cm³/mol. The van der Waals surface area contributed by atoms with Gasteiger partial charge in [0.25, 0.3) is 0 Å². The molecule has 0 aliphatic carbocycles. The summed E-state index contributed by atoms with van der Waals surface area (Å²) < 4.78 is 11.0. The second-order valence-corrected chi connectivity index (χ2v) is 4.34. The minimum Gasteiger partial charge on any atom is -1.00 e. The molecule has 2 rings (SSSR count). The number of likely N-dealkylation sites (N-methyl/N-ethyl adjacent to an activating group) is 1. The maximum Gasteiger partial charge on any atom is 0.161 e. The standard InChI is InChI=1S/C13H19NO2.ClH/c1-4-16-13-7-10-5-6-14(2)9-11(10)8-12(13)15-3;/h7-8H,4-6,9H2,1-3H3;1H. The van der Waals surface area contributed by atoms with Gasteiger partial charge in [0.2, 0.25) is 0 Å². The van der Waals surface area contributed by atoms with Gasteiger partial charge in [-0.05, 0) is 24.6 Å². The molecule has 1 aliphatic heterocycles. The second-order valence-electron chi connectivity index (χ2n) is 4.34. The first kappa shape index (κ1) is 14.1. The first-order chi connectivity index (χ1) is 7.74. The average Bonchev–Trinajstić information content (AvgIpc) is 2.29. The molecule has 0 spiro atoms. The Labute approximate surface area is 109 Å². The van der Waals surface area contributed by atoms with Gasteiger partial charge in [-0.1, -0.05) is 0 Å². The Morgan fingerprint density at radius 1 is 1.24 bits per heavy atom. The van der Waals surface area contributed by atoms with Crippen LogP contribution in [0, 0.1) is 0 Å². The van der Waals surface area contributed by atoms with Gasteiger partial charge in [0, 0.05) is 12.0 Å². The van der Waals surface area contributed by atoms with Crippen LogP contribution in [0.1, 0.15) is 18.1 Å². The van der Waals surface area contributed by atoms with Crippen molar-refractivity contribution in [1.29, 1.82) is 0 Å². The Morgan fingerprint density at radius 3 is 2.59 bits per heavy atom. The van der Waals surface area contributed by atoms with Gasteiger partial charge in [-0.3, -0.25) is 0 Å². The minimum absolute atomic E-state index is 0. The van der Waals surface area contributed by atoms with Crippen LogP contribution in [0.15, 0.2) is 12.1 Å². The molecule has 0 fully saturated rings. The molecule has 0 saturated heterocycles. The Morgan fingerprint density at radius 2 is 1.94 bits per heavy atom. The van der Waals surface area contributed by atoms with Gasteiger partial charge in [-0.25, -0.2) is 0 Å². The fourth-order valence-corrected chi connectivity index (χ4v) is 2.23. The lowest BCUT2D eigenvalue weighted by Crippen LogP contribution is -3.08. The van der Waals surface area contributed by atoms with Crippen molar-refractivity contribution in [1.82, 2.24) is 0 Å². The van der Waals surface area contributed by atoms with Crippen molar-refractivity contribution in [2.75, 3.05) is 27.3 Å². The molecule has 3 nitrogen and oxygen atoms in total. The van der Waals surface area contributed by atoms with E-state index in [2.05, 4.69) is 19.2 Å². The highest BCUT2D eigenvalue weighted by Gasteiger charge is 2.19. The molecule has 0 amide bonds. The van der Waals surface area contributed by atoms with Crippen LogP contribution >= 0.6 is 0 Å². The van der Waals surface area contributed by atoms with Crippen molar-refractivity contribution in [3.8, 4) is 11.5 Å². The van der Waals surface area contributed by atoms with Crippen molar-refractivity contribution in [2.24, 2.45) is 0 Å². The van der Waals surface area contributed by atoms with Crippen LogP contribution in [0.4, 0.5) is 0 Å². The highest BCUT2D eigenvalue weighted by atomic mass is 35.5. The summed E-state index contributed by atoms with van der Waals surface area (Å²) in [5, 5.41) is 0. The number of fused-ring (bicyclic) bond motifs is 1. The molecular formula is C13H20ClNO2. The van der Waals surface area contributed by atoms with Crippen LogP contribution in [0.3, 0.4) is 0 Å². The molecule has 1 aromatic rings. The molecule has 1 heterocycles. The van der Waals surface area contributed by atoms with Gasteiger partial charge >= 0.3 is 0 Å². The Balaban J connectivity index is 0.00000144. The zero-order valence-corrected chi connectivity index (χ0v) is 11.4. The summed E-state index contributed by atoms with van der Waals surface area (Å²) in [6.45, 7) is 4.96. The van der Waals surface area contributed by atoms with E-state index in [0.717, 1.165) is 24.5 Å². The third-order valence-electron chi connectivity index (χ3n) is 3.10. The van der Waals surface area contributed by atoms with E-state index >= 15 is 0 Å². The number of ether oxygens (including phenoxy) is 2. The fourth-order valence-electron chi connectivity index (χ4n) is 2.23. The van der Waals surface area contributed by atoms with E-state index in [-0.39, 0.29) is 12.4 Å². The Kier molecular flexibility index (Phi) is 5.09. The van der Waals surface area contributed by atoms with E-state index < -0.39 is 0 Å². The molecule has 0 saturated carbocycles. The van der Waals surface area contributed by atoms with Gasteiger partial charge in [-0.2, -0.15) is 0 Å². The molecule has 4 heteroatoms. The third-order valence-corrected chi connectivity index (χ3v) is 3.10. The first-order valence-electron chi connectivity index (χ1n) is 5.88. The quantitative estimate of drug-likeness (QED) is 0.657. The highest BCUT2D eigenvalue weighted by Crippen LogP contribution is 2.31. The Hall–Kier alpha value is -0.930. The second kappa shape index (κ2) is 6.12. The van der Waals surface area contributed by atoms with E-state index in [0.29, 0.717) is 6.61 Å². The molecule has 1 N–H and O–H groups in total. The number of benzene rings is 1. The monoisotopic (exact) mass is 257 g/mol. The normalized spacial score (nSPS) is 17.9. The minimum atomic E-state index is 0. The highest BCUT2D eigenvalue weighted by molar-refractivity contribution is 5.47. The molecule has 1 aromatic carbocycles. The summed E-state index contributed by atoms with van der Waals surface area (Å²) in [5.41, 5.74) is 2.80. The Bertz CT molecular complexity index is 366. The van der Waals surface area contributed by atoms with Crippen LogP contribution in [0.25, 0.3) is 0 Å². The van der Waals surface area contributed by atoms with Gasteiger partial charge in [0.1, 0.15) is 6.54 Å². The number of quaternary nitrogens is 1. The first-order valence-corrected chi connectivity index (χ1v) is 5.88. The van der Waals surface area contributed by atoms with Crippen LogP contribution in [-0.4, -0.2) is 27.3 Å². The molecular weight excluding hydrogens is 238 g/mol. The largest absolute Gasteiger partial charge is 1.00 e. The van der Waals surface area contributed by atoms with Gasteiger partial charge in [0.05, 0.1) is 27.3 Å². The van der Waals surface area contributed by atoms with Crippen molar-refractivity contribution in [2.45, 2.75) is 19.9 Å². The fraction of sp³-hybridized carbons (Fsp3) is 0.538. The lowest BCUT2D eigenvalue weighted by atomic mass is 9.99. The maximum absolute atomic E-state index is 5.59. The van der Waals surface area contributed by atoms with Crippen LogP contribution < -0.4 is 26.8 Å². The lowest BCUT2D eigenvalue weighted by molar-refractivity contribution is -0.895. The van der Waals surface area contributed by atoms with E-state index in [9.17, 15) is 0 Å². The number of methoxy groups -OCH3 is 1. The molecule has 96 valence electrons. The van der Waals surface area contributed by atoms with E-state index in [1.807, 2.05) is 6.92 Å². The smallest absolute Gasteiger partial charge is 0.161 e. The van der Waals surface area contributed by atoms with Gasteiger partial charge in [0.15, 0.2) is 11.5 Å². The van der Waals surface area contributed by atoms with Crippen molar-refractivity contribution in [3.63, 3.8) is 0 Å². The van der Waals surface area contributed by atoms with Gasteiger partial charge in [-0.15, -0.1) is 0 Å². The van der Waals surface area contributed by atoms with Crippen molar-refractivity contribution in [3.05, 3.63) is 23.3 Å². The van der Waals surface area contributed by atoms with Crippen LogP contribution in [0.2, 0.25) is 0 Å². The lowest BCUT2D eigenvalue weighted by Gasteiger charge is -2.23. The topological polar surface area (TPSA) is 22.9 Å². The summed E-state index contributed by atoms with van der Waals surface area (Å²) in [4.78, 5) is 1.55. The SMILES string of the molecule is CCOc1cc2c(cc1OC)C[NH+](C)CC2.[Cl-]. The summed E-state index contributed by atoms with van der Waals surface area (Å²) in [6.07, 6.45) is 1.13. The van der Waals surface area contributed by atoms with E-state index in [1.54, 1.807) is 12.0 Å². The number of halogens is 1.